The van der Waals surface area contributed by atoms with Crippen LogP contribution in [0.1, 0.15) is 50.7 Å². The number of phenolic OH excluding ortho intramolecular Hbond substituents is 2. The Bertz CT molecular complexity index is 303. The second-order valence-electron chi connectivity index (χ2n) is 4.32. The number of unbranched alkanes of at least 4 members (excludes halogenated alkanes) is 2. The molecule has 0 radical (unpaired) electrons. The smallest absolute Gasteiger partial charge is 0.122 e. The SMILES string of the molecule is CCCCc1cc(O)cc(CCCC)c1O. The summed E-state index contributed by atoms with van der Waals surface area (Å²) in [5, 5.41) is 19.7. The number of hydrogen-bond acceptors (Lipinski definition) is 2. The Morgan fingerprint density at radius 1 is 0.875 bits per heavy atom. The molecular weight excluding hydrogens is 200 g/mol. The van der Waals surface area contributed by atoms with E-state index in [1.54, 1.807) is 12.1 Å². The van der Waals surface area contributed by atoms with Crippen molar-refractivity contribution < 1.29 is 10.2 Å². The highest BCUT2D eigenvalue weighted by molar-refractivity contribution is 5.46. The fraction of sp³-hybridized carbons (Fsp3) is 0.571. The van der Waals surface area contributed by atoms with Gasteiger partial charge in [0.1, 0.15) is 11.5 Å². The maximum Gasteiger partial charge on any atom is 0.122 e. The van der Waals surface area contributed by atoms with Gasteiger partial charge in [-0.15, -0.1) is 0 Å². The molecule has 0 saturated heterocycles. The van der Waals surface area contributed by atoms with Crippen LogP contribution in [0.2, 0.25) is 0 Å². The molecule has 0 amide bonds. The summed E-state index contributed by atoms with van der Waals surface area (Å²) in [4.78, 5) is 0. The highest BCUT2D eigenvalue weighted by Crippen LogP contribution is 2.30. The van der Waals surface area contributed by atoms with Crippen molar-refractivity contribution in [2.24, 2.45) is 0 Å². The predicted molar refractivity (Wildman–Crippen MR) is 67.0 cm³/mol. The molecule has 0 spiro atoms. The van der Waals surface area contributed by atoms with Crippen molar-refractivity contribution >= 4 is 0 Å². The van der Waals surface area contributed by atoms with E-state index in [9.17, 15) is 10.2 Å². The van der Waals surface area contributed by atoms with Gasteiger partial charge in [0.2, 0.25) is 0 Å². The van der Waals surface area contributed by atoms with Crippen molar-refractivity contribution in [2.75, 3.05) is 0 Å². The molecule has 0 aliphatic rings. The molecule has 16 heavy (non-hydrogen) atoms. The van der Waals surface area contributed by atoms with Crippen LogP contribution in [0.5, 0.6) is 11.5 Å². The Morgan fingerprint density at radius 3 is 1.69 bits per heavy atom. The summed E-state index contributed by atoms with van der Waals surface area (Å²) >= 11 is 0. The first-order valence-corrected chi connectivity index (χ1v) is 6.22. The summed E-state index contributed by atoms with van der Waals surface area (Å²) < 4.78 is 0. The normalized spacial score (nSPS) is 10.6. The van der Waals surface area contributed by atoms with Crippen molar-refractivity contribution in [1.82, 2.24) is 0 Å². The number of phenols is 2. The Kier molecular flexibility index (Phi) is 5.17. The zero-order chi connectivity index (χ0) is 12.0. The van der Waals surface area contributed by atoms with Gasteiger partial charge in [-0.25, -0.2) is 0 Å². The van der Waals surface area contributed by atoms with E-state index >= 15 is 0 Å². The third-order valence-electron chi connectivity index (χ3n) is 2.85. The van der Waals surface area contributed by atoms with E-state index in [0.717, 1.165) is 49.7 Å². The molecule has 0 aromatic heterocycles. The standard InChI is InChI=1S/C14H22O2/c1-3-5-7-11-9-13(15)10-12(14(11)16)8-6-4-2/h9-10,15-16H,3-8H2,1-2H3. The molecule has 1 aromatic rings. The van der Waals surface area contributed by atoms with Gasteiger partial charge in [0, 0.05) is 0 Å². The van der Waals surface area contributed by atoms with Crippen molar-refractivity contribution in [3.63, 3.8) is 0 Å². The topological polar surface area (TPSA) is 40.5 Å². The third-order valence-corrected chi connectivity index (χ3v) is 2.85. The van der Waals surface area contributed by atoms with Crippen LogP contribution >= 0.6 is 0 Å². The van der Waals surface area contributed by atoms with E-state index < -0.39 is 0 Å². The van der Waals surface area contributed by atoms with E-state index in [4.69, 9.17) is 0 Å². The van der Waals surface area contributed by atoms with E-state index in [0.29, 0.717) is 5.75 Å². The molecule has 2 heteroatoms. The number of hydrogen-bond donors (Lipinski definition) is 2. The van der Waals surface area contributed by atoms with Gasteiger partial charge in [0.05, 0.1) is 0 Å². The molecule has 1 aromatic carbocycles. The molecule has 1 rings (SSSR count). The number of rotatable bonds is 6. The molecular formula is C14H22O2. The van der Waals surface area contributed by atoms with Gasteiger partial charge in [0.25, 0.3) is 0 Å². The third kappa shape index (κ3) is 3.44. The second kappa shape index (κ2) is 6.41. The zero-order valence-electron chi connectivity index (χ0n) is 10.3. The highest BCUT2D eigenvalue weighted by Gasteiger charge is 2.09. The van der Waals surface area contributed by atoms with E-state index in [1.807, 2.05) is 0 Å². The fourth-order valence-corrected chi connectivity index (χ4v) is 1.86. The number of benzene rings is 1. The maximum atomic E-state index is 10.1. The van der Waals surface area contributed by atoms with Crippen molar-refractivity contribution in [2.45, 2.75) is 52.4 Å². The molecule has 0 saturated carbocycles. The molecule has 0 heterocycles. The van der Waals surface area contributed by atoms with Gasteiger partial charge in [0.15, 0.2) is 0 Å². The molecule has 2 N–H and O–H groups in total. The van der Waals surface area contributed by atoms with Gasteiger partial charge in [-0.2, -0.15) is 0 Å². The van der Waals surface area contributed by atoms with E-state index in [1.165, 1.54) is 0 Å². The highest BCUT2D eigenvalue weighted by atomic mass is 16.3. The number of aromatic hydroxyl groups is 2. The summed E-state index contributed by atoms with van der Waals surface area (Å²) in [6.45, 7) is 4.25. The van der Waals surface area contributed by atoms with Gasteiger partial charge in [-0.1, -0.05) is 26.7 Å². The summed E-state index contributed by atoms with van der Waals surface area (Å²) in [5.74, 6) is 0.662. The summed E-state index contributed by atoms with van der Waals surface area (Å²) in [5.41, 5.74) is 1.76. The van der Waals surface area contributed by atoms with Crippen LogP contribution in [0.15, 0.2) is 12.1 Å². The van der Waals surface area contributed by atoms with Gasteiger partial charge in [-0.3, -0.25) is 0 Å². The lowest BCUT2D eigenvalue weighted by atomic mass is 10.00. The zero-order valence-corrected chi connectivity index (χ0v) is 10.3. The predicted octanol–water partition coefficient (Wildman–Crippen LogP) is 3.78. The van der Waals surface area contributed by atoms with Crippen LogP contribution in [0.4, 0.5) is 0 Å². The lowest BCUT2D eigenvalue weighted by Gasteiger charge is -2.10. The first-order valence-electron chi connectivity index (χ1n) is 6.22. The largest absolute Gasteiger partial charge is 0.508 e. The minimum atomic E-state index is 0.273. The van der Waals surface area contributed by atoms with Crippen molar-refractivity contribution in [3.05, 3.63) is 23.3 Å². The molecule has 0 bridgehead atoms. The number of aryl methyl sites for hydroxylation is 2. The van der Waals surface area contributed by atoms with Gasteiger partial charge < -0.3 is 10.2 Å². The molecule has 0 unspecified atom stereocenters. The average Bonchev–Trinajstić information content (AvgIpc) is 2.28. The van der Waals surface area contributed by atoms with Crippen LogP contribution in [-0.4, -0.2) is 10.2 Å². The summed E-state index contributed by atoms with van der Waals surface area (Å²) in [7, 11) is 0. The molecule has 0 atom stereocenters. The average molecular weight is 222 g/mol. The molecule has 2 nitrogen and oxygen atoms in total. The van der Waals surface area contributed by atoms with E-state index in [-0.39, 0.29) is 5.75 Å². The minimum Gasteiger partial charge on any atom is -0.508 e. The maximum absolute atomic E-state index is 10.1. The summed E-state index contributed by atoms with van der Waals surface area (Å²) in [6.07, 6.45) is 5.97. The fourth-order valence-electron chi connectivity index (χ4n) is 1.86. The Hall–Kier alpha value is -1.18. The first kappa shape index (κ1) is 12.9. The van der Waals surface area contributed by atoms with Crippen LogP contribution in [0.25, 0.3) is 0 Å². The van der Waals surface area contributed by atoms with Crippen LogP contribution < -0.4 is 0 Å². The molecule has 0 aliphatic heterocycles. The molecule has 0 aliphatic carbocycles. The van der Waals surface area contributed by atoms with Crippen LogP contribution in [0.3, 0.4) is 0 Å². The quantitative estimate of drug-likeness (QED) is 0.719. The van der Waals surface area contributed by atoms with Crippen LogP contribution in [0, 0.1) is 0 Å². The monoisotopic (exact) mass is 222 g/mol. The van der Waals surface area contributed by atoms with Crippen molar-refractivity contribution in [3.8, 4) is 11.5 Å². The Labute approximate surface area is 97.9 Å². The lowest BCUT2D eigenvalue weighted by molar-refractivity contribution is 0.445. The molecule has 0 fully saturated rings. The second-order valence-corrected chi connectivity index (χ2v) is 4.32. The van der Waals surface area contributed by atoms with Gasteiger partial charge in [-0.05, 0) is 48.9 Å². The first-order chi connectivity index (χ1) is 7.69. The van der Waals surface area contributed by atoms with Gasteiger partial charge >= 0.3 is 0 Å². The Morgan fingerprint density at radius 2 is 1.31 bits per heavy atom. The Balaban J connectivity index is 2.86. The van der Waals surface area contributed by atoms with E-state index in [2.05, 4.69) is 13.8 Å². The summed E-state index contributed by atoms with van der Waals surface area (Å²) in [6, 6.07) is 3.36. The molecule has 90 valence electrons. The lowest BCUT2D eigenvalue weighted by Crippen LogP contribution is -1.92. The van der Waals surface area contributed by atoms with Crippen LogP contribution in [-0.2, 0) is 12.8 Å². The van der Waals surface area contributed by atoms with Crippen molar-refractivity contribution in [1.29, 1.82) is 0 Å². The minimum absolute atomic E-state index is 0.273.